The number of nitrogens with zero attached hydrogens (tertiary/aromatic N) is 1. The molecule has 0 bridgehead atoms. The van der Waals surface area contributed by atoms with Gasteiger partial charge >= 0.3 is 11.9 Å². The fourth-order valence-electron chi connectivity index (χ4n) is 4.26. The molecule has 1 saturated heterocycles. The molecule has 4 atom stereocenters. The minimum absolute atomic E-state index is 0.0897. The number of hydrogen-bond acceptors (Lipinski definition) is 7. The van der Waals surface area contributed by atoms with Gasteiger partial charge in [-0.2, -0.15) is 0 Å². The maximum absolute atomic E-state index is 13.4. The zero-order valence-electron chi connectivity index (χ0n) is 20.8. The number of unbranched alkanes of at least 4 members (excludes halogenated alkanes) is 1. The molecule has 37 heavy (non-hydrogen) atoms. The van der Waals surface area contributed by atoms with E-state index in [9.17, 15) is 29.1 Å². The number of carboxylic acids is 2. The van der Waals surface area contributed by atoms with Gasteiger partial charge in [0.2, 0.25) is 17.7 Å². The van der Waals surface area contributed by atoms with Gasteiger partial charge in [0.25, 0.3) is 0 Å². The van der Waals surface area contributed by atoms with Crippen molar-refractivity contribution in [2.24, 2.45) is 11.5 Å². The van der Waals surface area contributed by atoms with Crippen molar-refractivity contribution in [3.05, 3.63) is 35.9 Å². The molecule has 0 saturated carbocycles. The molecular weight excluding hydrogens is 482 g/mol. The Morgan fingerprint density at radius 2 is 1.65 bits per heavy atom. The van der Waals surface area contributed by atoms with Crippen LogP contribution in [-0.4, -0.2) is 82.0 Å². The summed E-state index contributed by atoms with van der Waals surface area (Å²) < 4.78 is 0. The van der Waals surface area contributed by atoms with E-state index < -0.39 is 60.2 Å². The largest absolute Gasteiger partial charge is 0.481 e. The summed E-state index contributed by atoms with van der Waals surface area (Å²) in [5.74, 6) is -4.18. The third-order valence-corrected chi connectivity index (χ3v) is 6.30. The normalized spacial score (nSPS) is 17.5. The minimum atomic E-state index is -1.25. The highest BCUT2D eigenvalue weighted by Gasteiger charge is 2.38. The van der Waals surface area contributed by atoms with Crippen molar-refractivity contribution >= 4 is 29.7 Å². The fourth-order valence-corrected chi connectivity index (χ4v) is 4.26. The zero-order valence-corrected chi connectivity index (χ0v) is 20.8. The van der Waals surface area contributed by atoms with E-state index in [-0.39, 0.29) is 19.4 Å². The van der Waals surface area contributed by atoms with Crippen molar-refractivity contribution in [2.75, 3.05) is 13.1 Å². The Labute approximate surface area is 215 Å². The number of rotatable bonds is 15. The Hall–Kier alpha value is -3.51. The highest BCUT2D eigenvalue weighted by molar-refractivity contribution is 5.94. The van der Waals surface area contributed by atoms with E-state index >= 15 is 0 Å². The van der Waals surface area contributed by atoms with E-state index in [4.69, 9.17) is 16.6 Å². The van der Waals surface area contributed by atoms with Crippen molar-refractivity contribution in [3.8, 4) is 0 Å². The van der Waals surface area contributed by atoms with Gasteiger partial charge in [-0.05, 0) is 44.2 Å². The molecule has 0 aromatic heterocycles. The van der Waals surface area contributed by atoms with Crippen LogP contribution < -0.4 is 22.1 Å². The van der Waals surface area contributed by atoms with Crippen LogP contribution in [0.1, 0.15) is 50.5 Å². The first kappa shape index (κ1) is 29.7. The molecule has 0 spiro atoms. The Morgan fingerprint density at radius 1 is 0.973 bits per heavy atom. The molecule has 0 aliphatic carbocycles. The van der Waals surface area contributed by atoms with Crippen molar-refractivity contribution in [3.63, 3.8) is 0 Å². The van der Waals surface area contributed by atoms with Gasteiger partial charge in [-0.15, -0.1) is 0 Å². The quantitative estimate of drug-likeness (QED) is 0.166. The Morgan fingerprint density at radius 3 is 2.27 bits per heavy atom. The third-order valence-electron chi connectivity index (χ3n) is 6.30. The second-order valence-corrected chi connectivity index (χ2v) is 9.16. The van der Waals surface area contributed by atoms with Gasteiger partial charge in [0.05, 0.1) is 6.04 Å². The summed E-state index contributed by atoms with van der Waals surface area (Å²) in [6, 6.07) is 4.64. The first-order chi connectivity index (χ1) is 17.6. The summed E-state index contributed by atoms with van der Waals surface area (Å²) in [6.45, 7) is 0.697. The second kappa shape index (κ2) is 14.9. The van der Waals surface area contributed by atoms with Crippen LogP contribution in [0.25, 0.3) is 0 Å². The van der Waals surface area contributed by atoms with E-state index in [0.717, 1.165) is 5.56 Å². The van der Waals surface area contributed by atoms with Gasteiger partial charge in [-0.3, -0.25) is 19.2 Å². The number of carbonyl (C=O) groups excluding carboxylic acids is 3. The van der Waals surface area contributed by atoms with Crippen LogP contribution in [0, 0.1) is 0 Å². The minimum Gasteiger partial charge on any atom is -0.481 e. The average molecular weight is 520 g/mol. The smallest absolute Gasteiger partial charge is 0.326 e. The molecule has 204 valence electrons. The molecule has 1 aromatic carbocycles. The Bertz CT molecular complexity index is 943. The van der Waals surface area contributed by atoms with Crippen LogP contribution >= 0.6 is 0 Å². The molecule has 1 aliphatic heterocycles. The SMILES string of the molecule is NCCCCC(N)C(=O)NC(CCC(=O)O)C(=O)NC(Cc1ccccc1)C(=O)N1CCCC1C(=O)O. The molecule has 1 aromatic rings. The lowest BCUT2D eigenvalue weighted by atomic mass is 10.0. The number of benzene rings is 1. The predicted octanol–water partition coefficient (Wildman–Crippen LogP) is -0.405. The molecule has 4 unspecified atom stereocenters. The Kier molecular flexibility index (Phi) is 12.0. The van der Waals surface area contributed by atoms with Gasteiger partial charge in [0.15, 0.2) is 0 Å². The van der Waals surface area contributed by atoms with Crippen molar-refractivity contribution in [1.82, 2.24) is 15.5 Å². The van der Waals surface area contributed by atoms with Gasteiger partial charge in [-0.1, -0.05) is 36.8 Å². The number of carbonyl (C=O) groups is 5. The van der Waals surface area contributed by atoms with Crippen molar-refractivity contribution in [2.45, 2.75) is 75.5 Å². The van der Waals surface area contributed by atoms with E-state index in [1.807, 2.05) is 0 Å². The predicted molar refractivity (Wildman–Crippen MR) is 134 cm³/mol. The summed E-state index contributed by atoms with van der Waals surface area (Å²) >= 11 is 0. The van der Waals surface area contributed by atoms with Crippen molar-refractivity contribution in [1.29, 1.82) is 0 Å². The van der Waals surface area contributed by atoms with Crippen LogP contribution in [0.15, 0.2) is 30.3 Å². The maximum Gasteiger partial charge on any atom is 0.326 e. The second-order valence-electron chi connectivity index (χ2n) is 9.16. The lowest BCUT2D eigenvalue weighted by Gasteiger charge is -2.29. The monoisotopic (exact) mass is 519 g/mol. The highest BCUT2D eigenvalue weighted by atomic mass is 16.4. The van der Waals surface area contributed by atoms with Crippen LogP contribution in [0.4, 0.5) is 0 Å². The molecule has 0 radical (unpaired) electrons. The van der Waals surface area contributed by atoms with E-state index in [0.29, 0.717) is 38.6 Å². The standard InChI is InChI=1S/C25H37N5O7/c26-13-5-4-9-17(27)22(33)28-18(11-12-21(31)32)23(34)29-19(15-16-7-2-1-3-8-16)24(35)30-14-6-10-20(30)25(36)37/h1-3,7-8,17-20H,4-6,9-15,26-27H2,(H,28,33)(H,29,34)(H,31,32)(H,36,37). The summed E-state index contributed by atoms with van der Waals surface area (Å²) in [4.78, 5) is 63.3. The maximum atomic E-state index is 13.4. The molecule has 3 amide bonds. The molecule has 12 nitrogen and oxygen atoms in total. The summed E-state index contributed by atoms with van der Waals surface area (Å²) in [5.41, 5.74) is 12.1. The molecule has 1 fully saturated rings. The topological polar surface area (TPSA) is 205 Å². The molecular formula is C25H37N5O7. The number of aliphatic carboxylic acids is 2. The van der Waals surface area contributed by atoms with E-state index in [1.165, 1.54) is 4.90 Å². The number of hydrogen-bond donors (Lipinski definition) is 6. The average Bonchev–Trinajstić information content (AvgIpc) is 3.36. The number of nitrogens with one attached hydrogen (secondary N) is 2. The molecule has 1 aliphatic rings. The van der Waals surface area contributed by atoms with Gasteiger partial charge in [0, 0.05) is 19.4 Å². The lowest BCUT2D eigenvalue weighted by Crippen LogP contribution is -2.57. The molecule has 2 rings (SSSR count). The summed E-state index contributed by atoms with van der Waals surface area (Å²) in [6.07, 6.45) is 1.96. The number of carboxylic acid groups (broad SMARTS) is 2. The third kappa shape index (κ3) is 9.47. The van der Waals surface area contributed by atoms with Crippen LogP contribution in [0.5, 0.6) is 0 Å². The van der Waals surface area contributed by atoms with Crippen LogP contribution in [-0.2, 0) is 30.4 Å². The number of nitrogens with two attached hydrogens (primary N) is 2. The van der Waals surface area contributed by atoms with Crippen LogP contribution in [0.2, 0.25) is 0 Å². The van der Waals surface area contributed by atoms with E-state index in [1.54, 1.807) is 30.3 Å². The fraction of sp³-hybridized carbons (Fsp3) is 0.560. The first-order valence-corrected chi connectivity index (χ1v) is 12.5. The van der Waals surface area contributed by atoms with Gasteiger partial charge in [0.1, 0.15) is 18.1 Å². The molecule has 1 heterocycles. The summed E-state index contributed by atoms with van der Waals surface area (Å²) in [7, 11) is 0. The zero-order chi connectivity index (χ0) is 27.4. The number of likely N-dealkylation sites (tertiary alicyclic amines) is 1. The van der Waals surface area contributed by atoms with Gasteiger partial charge in [-0.25, -0.2) is 4.79 Å². The number of amides is 3. The van der Waals surface area contributed by atoms with Crippen molar-refractivity contribution < 1.29 is 34.2 Å². The highest BCUT2D eigenvalue weighted by Crippen LogP contribution is 2.20. The summed E-state index contributed by atoms with van der Waals surface area (Å²) in [5, 5.41) is 23.8. The molecule has 8 N–H and O–H groups in total. The first-order valence-electron chi connectivity index (χ1n) is 12.5. The van der Waals surface area contributed by atoms with Gasteiger partial charge < -0.3 is 37.2 Å². The van der Waals surface area contributed by atoms with Crippen LogP contribution in [0.3, 0.4) is 0 Å². The molecule has 12 heteroatoms. The van der Waals surface area contributed by atoms with E-state index in [2.05, 4.69) is 10.6 Å². The Balaban J connectivity index is 2.21. The lowest BCUT2D eigenvalue weighted by molar-refractivity contribution is -0.149.